The van der Waals surface area contributed by atoms with Crippen LogP contribution in [0, 0.1) is 13.8 Å². The zero-order chi connectivity index (χ0) is 21.1. The minimum atomic E-state index is -0.301. The van der Waals surface area contributed by atoms with Crippen LogP contribution in [0.4, 0.5) is 5.69 Å². The van der Waals surface area contributed by atoms with Gasteiger partial charge in [-0.15, -0.1) is 4.57 Å². The quantitative estimate of drug-likeness (QED) is 0.531. The number of aromatic nitrogens is 2. The third-order valence-electron chi connectivity index (χ3n) is 4.58. The number of carbonyl (C=O) groups is 1. The molecule has 0 fully saturated rings. The lowest BCUT2D eigenvalue weighted by Gasteiger charge is -2.12. The lowest BCUT2D eigenvalue weighted by atomic mass is 10.1. The highest BCUT2D eigenvalue weighted by molar-refractivity contribution is 5.92. The van der Waals surface area contributed by atoms with Gasteiger partial charge in [0.1, 0.15) is 18.1 Å². The van der Waals surface area contributed by atoms with Crippen LogP contribution in [0.25, 0.3) is 5.65 Å². The van der Waals surface area contributed by atoms with Gasteiger partial charge in [-0.2, -0.15) is 0 Å². The molecule has 1 N–H and O–H groups in total. The Hall–Kier alpha value is -3.87. The van der Waals surface area contributed by atoms with Gasteiger partial charge in [0, 0.05) is 23.9 Å². The summed E-state index contributed by atoms with van der Waals surface area (Å²) < 4.78 is 12.3. The van der Waals surface area contributed by atoms with Gasteiger partial charge in [0.05, 0.1) is 12.1 Å². The molecule has 152 valence electrons. The Bertz CT molecular complexity index is 1260. The molecule has 0 atom stereocenters. The van der Waals surface area contributed by atoms with Crippen LogP contribution in [-0.4, -0.2) is 15.5 Å². The Morgan fingerprint density at radius 3 is 2.70 bits per heavy atom. The first-order valence-electron chi connectivity index (χ1n) is 9.55. The third kappa shape index (κ3) is 4.41. The van der Waals surface area contributed by atoms with Crippen molar-refractivity contribution in [1.29, 1.82) is 0 Å². The van der Waals surface area contributed by atoms with Gasteiger partial charge in [-0.1, -0.05) is 36.4 Å². The maximum atomic E-state index is 12.3. The summed E-state index contributed by atoms with van der Waals surface area (Å²) >= 11 is 0. The van der Waals surface area contributed by atoms with Crippen molar-refractivity contribution in [1.82, 2.24) is 9.56 Å². The monoisotopic (exact) mass is 403 g/mol. The van der Waals surface area contributed by atoms with Crippen LogP contribution in [0.5, 0.6) is 5.75 Å². The Balaban J connectivity index is 1.46. The number of amides is 1. The summed E-state index contributed by atoms with van der Waals surface area (Å²) in [7, 11) is 0. The molecule has 2 aromatic heterocycles. The fraction of sp³-hybridized carbons (Fsp3) is 0.174. The number of hydrogen-bond acceptors (Lipinski definition) is 5. The lowest BCUT2D eigenvalue weighted by Crippen LogP contribution is -2.15. The van der Waals surface area contributed by atoms with E-state index in [0.717, 1.165) is 15.7 Å². The van der Waals surface area contributed by atoms with Crippen LogP contribution in [0.3, 0.4) is 0 Å². The van der Waals surface area contributed by atoms with Gasteiger partial charge in [0.15, 0.2) is 5.65 Å². The molecule has 0 spiro atoms. The lowest BCUT2D eigenvalue weighted by molar-refractivity contribution is -0.115. The normalized spacial score (nSPS) is 10.9. The molecule has 0 saturated heterocycles. The average Bonchev–Trinajstić information content (AvgIpc) is 3.10. The van der Waals surface area contributed by atoms with Crippen molar-refractivity contribution in [2.45, 2.75) is 26.9 Å². The van der Waals surface area contributed by atoms with E-state index < -0.39 is 0 Å². The molecule has 1 amide bonds. The summed E-state index contributed by atoms with van der Waals surface area (Å²) in [6.07, 6.45) is 0.295. The highest BCUT2D eigenvalue weighted by atomic mass is 16.5. The fourth-order valence-electron chi connectivity index (χ4n) is 3.12. The molecular weight excluding hydrogens is 382 g/mol. The number of fused-ring (bicyclic) bond motifs is 1. The summed E-state index contributed by atoms with van der Waals surface area (Å²) in [5.74, 6) is 1.11. The van der Waals surface area contributed by atoms with Crippen molar-refractivity contribution in [3.63, 3.8) is 0 Å². The van der Waals surface area contributed by atoms with E-state index in [4.69, 9.17) is 9.26 Å². The minimum absolute atomic E-state index is 0.105. The van der Waals surface area contributed by atoms with Gasteiger partial charge >= 0.3 is 0 Å². The molecular formula is C23H21N3O4. The van der Waals surface area contributed by atoms with E-state index in [0.29, 0.717) is 35.0 Å². The molecule has 4 aromatic rings. The van der Waals surface area contributed by atoms with Gasteiger partial charge in [0.25, 0.3) is 5.56 Å². The van der Waals surface area contributed by atoms with Crippen molar-refractivity contribution in [2.24, 2.45) is 0 Å². The molecule has 0 bridgehead atoms. The molecule has 7 heteroatoms. The number of ether oxygens (including phenoxy) is 1. The smallest absolute Gasteiger partial charge is 0.287 e. The molecule has 30 heavy (non-hydrogen) atoms. The average molecular weight is 403 g/mol. The standard InChI is InChI=1S/C23H21N3O4/c1-15-8-9-18(25-22(27)11-17-6-4-3-5-7-17)12-20(15)29-14-19-13-23(28)26-21(24-19)10-16(2)30-26/h3-10,12-13H,11,14H2,1-2H3,(H,25,27). The Kier molecular flexibility index (Phi) is 5.34. The molecule has 0 aliphatic heterocycles. The van der Waals surface area contributed by atoms with Gasteiger partial charge in [-0.05, 0) is 31.0 Å². The number of benzene rings is 2. The molecule has 0 aliphatic carbocycles. The van der Waals surface area contributed by atoms with E-state index in [2.05, 4.69) is 10.3 Å². The van der Waals surface area contributed by atoms with E-state index >= 15 is 0 Å². The van der Waals surface area contributed by atoms with Crippen LogP contribution >= 0.6 is 0 Å². The van der Waals surface area contributed by atoms with E-state index in [-0.39, 0.29) is 18.1 Å². The largest absolute Gasteiger partial charge is 0.487 e. The zero-order valence-corrected chi connectivity index (χ0v) is 16.7. The maximum absolute atomic E-state index is 12.3. The first-order valence-corrected chi connectivity index (χ1v) is 9.55. The molecule has 0 radical (unpaired) electrons. The van der Waals surface area contributed by atoms with E-state index in [1.54, 1.807) is 19.1 Å². The van der Waals surface area contributed by atoms with Gasteiger partial charge in [-0.25, -0.2) is 4.98 Å². The number of aryl methyl sites for hydroxylation is 2. The molecule has 0 aliphatic rings. The second kappa shape index (κ2) is 8.24. The summed E-state index contributed by atoms with van der Waals surface area (Å²) in [6, 6.07) is 18.1. The topological polar surface area (TPSA) is 85.8 Å². The van der Waals surface area contributed by atoms with Crippen LogP contribution < -0.4 is 15.6 Å². The van der Waals surface area contributed by atoms with Crippen LogP contribution in [-0.2, 0) is 17.8 Å². The summed E-state index contributed by atoms with van der Waals surface area (Å²) in [4.78, 5) is 28.9. The summed E-state index contributed by atoms with van der Waals surface area (Å²) in [5.41, 5.74) is 3.14. The number of carbonyl (C=O) groups excluding carboxylic acids is 1. The van der Waals surface area contributed by atoms with Gasteiger partial charge in [-0.3, -0.25) is 9.59 Å². The zero-order valence-electron chi connectivity index (χ0n) is 16.7. The molecule has 4 rings (SSSR count). The summed E-state index contributed by atoms with van der Waals surface area (Å²) in [5, 5.41) is 2.89. The fourth-order valence-corrected chi connectivity index (χ4v) is 3.12. The molecule has 0 saturated carbocycles. The Labute approximate surface area is 172 Å². The minimum Gasteiger partial charge on any atom is -0.487 e. The van der Waals surface area contributed by atoms with Crippen molar-refractivity contribution < 1.29 is 14.1 Å². The second-order valence-electron chi connectivity index (χ2n) is 7.06. The van der Waals surface area contributed by atoms with Crippen molar-refractivity contribution in [3.8, 4) is 5.75 Å². The maximum Gasteiger partial charge on any atom is 0.287 e. The van der Waals surface area contributed by atoms with E-state index in [1.807, 2.05) is 49.4 Å². The number of rotatable bonds is 6. The molecule has 7 nitrogen and oxygen atoms in total. The number of hydrogen-bond donors (Lipinski definition) is 1. The van der Waals surface area contributed by atoms with Crippen molar-refractivity contribution in [2.75, 3.05) is 5.32 Å². The van der Waals surface area contributed by atoms with Gasteiger partial charge in [0.2, 0.25) is 5.91 Å². The first-order chi connectivity index (χ1) is 14.5. The molecule has 2 heterocycles. The predicted octanol–water partition coefficient (Wildman–Crippen LogP) is 3.66. The van der Waals surface area contributed by atoms with E-state index in [9.17, 15) is 9.59 Å². The number of nitrogens with zero attached hydrogens (tertiary/aromatic N) is 2. The van der Waals surface area contributed by atoms with Crippen molar-refractivity contribution in [3.05, 3.63) is 93.6 Å². The van der Waals surface area contributed by atoms with Crippen LogP contribution in [0.1, 0.15) is 22.6 Å². The molecule has 2 aromatic carbocycles. The summed E-state index contributed by atoms with van der Waals surface area (Å²) in [6.45, 7) is 3.79. The van der Waals surface area contributed by atoms with Crippen molar-refractivity contribution >= 4 is 17.2 Å². The number of nitrogens with one attached hydrogen (secondary N) is 1. The second-order valence-corrected chi connectivity index (χ2v) is 7.06. The highest BCUT2D eigenvalue weighted by Crippen LogP contribution is 2.24. The van der Waals surface area contributed by atoms with Crippen LogP contribution in [0.15, 0.2) is 70.0 Å². The Morgan fingerprint density at radius 2 is 1.90 bits per heavy atom. The number of anilines is 1. The van der Waals surface area contributed by atoms with Gasteiger partial charge < -0.3 is 14.6 Å². The highest BCUT2D eigenvalue weighted by Gasteiger charge is 2.10. The van der Waals surface area contributed by atoms with E-state index in [1.165, 1.54) is 6.07 Å². The molecule has 0 unspecified atom stereocenters. The third-order valence-corrected chi connectivity index (χ3v) is 4.58. The first kappa shape index (κ1) is 19.4. The SMILES string of the molecule is Cc1cc2nc(COc3cc(NC(=O)Cc4ccccc4)ccc3C)cc(=O)n2o1. The predicted molar refractivity (Wildman–Crippen MR) is 113 cm³/mol. The Morgan fingerprint density at radius 1 is 1.10 bits per heavy atom. The van der Waals surface area contributed by atoms with Crippen LogP contribution in [0.2, 0.25) is 0 Å².